The molecule has 86 valence electrons. The third kappa shape index (κ3) is 6.23. The maximum absolute atomic E-state index is 3.50. The lowest BCUT2D eigenvalue weighted by molar-refractivity contribution is 0.511. The molecule has 0 aliphatic rings. The minimum Gasteiger partial charge on any atom is -0.316 e. The van der Waals surface area contributed by atoms with Gasteiger partial charge in [0.05, 0.1) is 0 Å². The van der Waals surface area contributed by atoms with E-state index in [-0.39, 0.29) is 0 Å². The Morgan fingerprint density at radius 1 is 1.53 bits per heavy atom. The molecule has 1 aromatic rings. The Balaban J connectivity index is 1.89. The fraction of sp³-hybridized carbons (Fsp3) is 0.667. The zero-order valence-electron chi connectivity index (χ0n) is 9.66. The van der Waals surface area contributed by atoms with Gasteiger partial charge in [-0.3, -0.25) is 0 Å². The average Bonchev–Trinajstić information content (AvgIpc) is 2.75. The standard InChI is InChI=1S/C12H21NS2/c1-3-11(2)8-13-5-7-15-10-12-4-6-14-9-12/h4,6,9,11,13H,3,5,7-8,10H2,1-2H3. The van der Waals surface area contributed by atoms with Crippen LogP contribution >= 0.6 is 23.1 Å². The third-order valence-corrected chi connectivity index (χ3v) is 4.22. The molecule has 0 aliphatic carbocycles. The molecular formula is C12H21NS2. The van der Waals surface area contributed by atoms with Gasteiger partial charge in [-0.05, 0) is 34.9 Å². The van der Waals surface area contributed by atoms with E-state index in [0.717, 1.165) is 24.8 Å². The molecular weight excluding hydrogens is 222 g/mol. The highest BCUT2D eigenvalue weighted by atomic mass is 32.2. The van der Waals surface area contributed by atoms with Crippen molar-refractivity contribution in [1.29, 1.82) is 0 Å². The fourth-order valence-corrected chi connectivity index (χ4v) is 2.82. The topological polar surface area (TPSA) is 12.0 Å². The molecule has 0 radical (unpaired) electrons. The van der Waals surface area contributed by atoms with Crippen LogP contribution in [0.3, 0.4) is 0 Å². The Labute approximate surface area is 102 Å². The monoisotopic (exact) mass is 243 g/mol. The Morgan fingerprint density at radius 3 is 3.07 bits per heavy atom. The molecule has 0 spiro atoms. The highest BCUT2D eigenvalue weighted by molar-refractivity contribution is 7.98. The van der Waals surface area contributed by atoms with Crippen molar-refractivity contribution in [1.82, 2.24) is 5.32 Å². The first kappa shape index (κ1) is 13.1. The lowest BCUT2D eigenvalue weighted by Gasteiger charge is -2.09. The van der Waals surface area contributed by atoms with Crippen molar-refractivity contribution in [3.05, 3.63) is 22.4 Å². The minimum absolute atomic E-state index is 0.812. The summed E-state index contributed by atoms with van der Waals surface area (Å²) in [5, 5.41) is 7.88. The summed E-state index contributed by atoms with van der Waals surface area (Å²) in [5.74, 6) is 3.19. The number of hydrogen-bond donors (Lipinski definition) is 1. The largest absolute Gasteiger partial charge is 0.316 e. The number of rotatable bonds is 8. The maximum Gasteiger partial charge on any atom is 0.0193 e. The Kier molecular flexibility index (Phi) is 7.14. The number of hydrogen-bond acceptors (Lipinski definition) is 3. The van der Waals surface area contributed by atoms with Crippen LogP contribution in [0.15, 0.2) is 16.8 Å². The summed E-state index contributed by atoms with van der Waals surface area (Å²) in [5.41, 5.74) is 1.46. The molecule has 0 saturated heterocycles. The molecule has 0 aromatic carbocycles. The van der Waals surface area contributed by atoms with Gasteiger partial charge in [0.1, 0.15) is 0 Å². The fourth-order valence-electron chi connectivity index (χ4n) is 1.20. The van der Waals surface area contributed by atoms with Gasteiger partial charge in [0, 0.05) is 18.1 Å². The van der Waals surface area contributed by atoms with Gasteiger partial charge in [-0.1, -0.05) is 20.3 Å². The normalized spacial score (nSPS) is 12.9. The zero-order chi connectivity index (χ0) is 10.9. The molecule has 1 heterocycles. The molecule has 0 aliphatic heterocycles. The second-order valence-electron chi connectivity index (χ2n) is 3.90. The Hall–Kier alpha value is 0.01000. The predicted octanol–water partition coefficient (Wildman–Crippen LogP) is 3.62. The van der Waals surface area contributed by atoms with Gasteiger partial charge in [-0.2, -0.15) is 23.1 Å². The van der Waals surface area contributed by atoms with Crippen LogP contribution in [0.2, 0.25) is 0 Å². The molecule has 1 nitrogen and oxygen atoms in total. The summed E-state index contributed by atoms with van der Waals surface area (Å²) >= 11 is 3.80. The van der Waals surface area contributed by atoms with Crippen molar-refractivity contribution >= 4 is 23.1 Å². The maximum atomic E-state index is 3.50. The van der Waals surface area contributed by atoms with Gasteiger partial charge < -0.3 is 5.32 Å². The van der Waals surface area contributed by atoms with E-state index >= 15 is 0 Å². The lowest BCUT2D eigenvalue weighted by atomic mass is 10.1. The van der Waals surface area contributed by atoms with Crippen molar-refractivity contribution in [2.24, 2.45) is 5.92 Å². The van der Waals surface area contributed by atoms with Crippen LogP contribution in [-0.4, -0.2) is 18.8 Å². The van der Waals surface area contributed by atoms with Crippen molar-refractivity contribution in [3.8, 4) is 0 Å². The Morgan fingerprint density at radius 2 is 2.40 bits per heavy atom. The Bertz CT molecular complexity index is 234. The number of nitrogens with one attached hydrogen (secondary N) is 1. The summed E-state index contributed by atoms with van der Waals surface area (Å²) in [4.78, 5) is 0. The first-order chi connectivity index (χ1) is 7.33. The lowest BCUT2D eigenvalue weighted by Crippen LogP contribution is -2.23. The molecule has 15 heavy (non-hydrogen) atoms. The molecule has 3 heteroatoms. The van der Waals surface area contributed by atoms with Crippen LogP contribution in [-0.2, 0) is 5.75 Å². The first-order valence-electron chi connectivity index (χ1n) is 5.62. The molecule has 0 saturated carbocycles. The highest BCUT2D eigenvalue weighted by Gasteiger charge is 1.97. The SMILES string of the molecule is CCC(C)CNCCSCc1ccsc1. The van der Waals surface area contributed by atoms with Crippen molar-refractivity contribution in [2.75, 3.05) is 18.8 Å². The molecule has 1 N–H and O–H groups in total. The first-order valence-corrected chi connectivity index (χ1v) is 7.72. The molecule has 1 rings (SSSR count). The van der Waals surface area contributed by atoms with Crippen LogP contribution in [0.1, 0.15) is 25.8 Å². The van der Waals surface area contributed by atoms with Crippen molar-refractivity contribution in [2.45, 2.75) is 26.0 Å². The van der Waals surface area contributed by atoms with Crippen LogP contribution in [0, 0.1) is 5.92 Å². The van der Waals surface area contributed by atoms with E-state index in [4.69, 9.17) is 0 Å². The second-order valence-corrected chi connectivity index (χ2v) is 5.79. The van der Waals surface area contributed by atoms with Gasteiger partial charge in [-0.25, -0.2) is 0 Å². The summed E-state index contributed by atoms with van der Waals surface area (Å²) in [6.07, 6.45) is 1.27. The number of thioether (sulfide) groups is 1. The number of thiophene rings is 1. The van der Waals surface area contributed by atoms with E-state index in [0.29, 0.717) is 0 Å². The molecule has 0 amide bonds. The summed E-state index contributed by atoms with van der Waals surface area (Å²) in [6.45, 7) is 6.85. The van der Waals surface area contributed by atoms with Crippen molar-refractivity contribution in [3.63, 3.8) is 0 Å². The second kappa shape index (κ2) is 8.20. The van der Waals surface area contributed by atoms with Gasteiger partial charge in [0.2, 0.25) is 0 Å². The van der Waals surface area contributed by atoms with Crippen LogP contribution in [0.5, 0.6) is 0 Å². The van der Waals surface area contributed by atoms with Gasteiger partial charge in [0.25, 0.3) is 0 Å². The highest BCUT2D eigenvalue weighted by Crippen LogP contribution is 2.14. The minimum atomic E-state index is 0.812. The average molecular weight is 243 g/mol. The van der Waals surface area contributed by atoms with E-state index in [1.807, 2.05) is 11.8 Å². The van der Waals surface area contributed by atoms with E-state index in [9.17, 15) is 0 Å². The molecule has 0 bridgehead atoms. The van der Waals surface area contributed by atoms with E-state index in [2.05, 4.69) is 36.0 Å². The summed E-state index contributed by atoms with van der Waals surface area (Å²) < 4.78 is 0. The van der Waals surface area contributed by atoms with Gasteiger partial charge in [0.15, 0.2) is 0 Å². The quantitative estimate of drug-likeness (QED) is 0.700. The van der Waals surface area contributed by atoms with E-state index in [1.54, 1.807) is 11.3 Å². The van der Waals surface area contributed by atoms with Crippen LogP contribution in [0.4, 0.5) is 0 Å². The molecule has 1 aromatic heterocycles. The predicted molar refractivity (Wildman–Crippen MR) is 72.8 cm³/mol. The smallest absolute Gasteiger partial charge is 0.0193 e. The third-order valence-electron chi connectivity index (χ3n) is 2.46. The van der Waals surface area contributed by atoms with Crippen LogP contribution < -0.4 is 5.32 Å². The van der Waals surface area contributed by atoms with Crippen molar-refractivity contribution < 1.29 is 0 Å². The summed E-state index contributed by atoms with van der Waals surface area (Å²) in [7, 11) is 0. The molecule has 0 fully saturated rings. The van der Waals surface area contributed by atoms with Gasteiger partial charge in [-0.15, -0.1) is 0 Å². The molecule has 1 unspecified atom stereocenters. The van der Waals surface area contributed by atoms with Gasteiger partial charge >= 0.3 is 0 Å². The van der Waals surface area contributed by atoms with E-state index in [1.165, 1.54) is 17.7 Å². The van der Waals surface area contributed by atoms with E-state index < -0.39 is 0 Å². The molecule has 1 atom stereocenters. The zero-order valence-corrected chi connectivity index (χ0v) is 11.3. The summed E-state index contributed by atoms with van der Waals surface area (Å²) in [6, 6.07) is 2.21. The van der Waals surface area contributed by atoms with Crippen LogP contribution in [0.25, 0.3) is 0 Å².